The lowest BCUT2D eigenvalue weighted by Crippen LogP contribution is -2.28. The summed E-state index contributed by atoms with van der Waals surface area (Å²) in [5.41, 5.74) is 1.09. The Morgan fingerprint density at radius 3 is 2.86 bits per heavy atom. The van der Waals surface area contributed by atoms with Crippen molar-refractivity contribution in [2.75, 3.05) is 11.3 Å². The predicted octanol–water partition coefficient (Wildman–Crippen LogP) is 2.18. The summed E-state index contributed by atoms with van der Waals surface area (Å²) in [6.07, 6.45) is 0.256. The minimum Gasteiger partial charge on any atom is -0.492 e. The van der Waals surface area contributed by atoms with Crippen LogP contribution in [-0.2, 0) is 21.2 Å². The van der Waals surface area contributed by atoms with Crippen LogP contribution in [0.1, 0.15) is 5.56 Å². The molecule has 1 aliphatic heterocycles. The number of hydrogen-bond acceptors (Lipinski definition) is 5. The van der Waals surface area contributed by atoms with Crippen molar-refractivity contribution in [1.29, 1.82) is 0 Å². The Hall–Kier alpha value is -2.06. The third-order valence-corrected chi connectivity index (χ3v) is 5.43. The van der Waals surface area contributed by atoms with Gasteiger partial charge >= 0.3 is 5.97 Å². The molecule has 0 saturated carbocycles. The zero-order valence-corrected chi connectivity index (χ0v) is 13.0. The molecule has 0 amide bonds. The Balaban J connectivity index is 1.90. The van der Waals surface area contributed by atoms with Gasteiger partial charge in [0, 0.05) is 5.38 Å². The first kappa shape index (κ1) is 14.9. The molecular weight excluding hydrogens is 326 g/mol. The second kappa shape index (κ2) is 5.62. The smallest absolute Gasteiger partial charge is 0.310 e. The molecule has 0 radical (unpaired) electrons. The Labute approximate surface area is 131 Å². The fraction of sp³-hybridized carbons (Fsp3) is 0.214. The van der Waals surface area contributed by atoms with Crippen molar-refractivity contribution in [1.82, 2.24) is 0 Å². The number of carboxylic acids is 1. The second-order valence-corrected chi connectivity index (χ2v) is 7.40. The first-order chi connectivity index (χ1) is 10.5. The zero-order valence-electron chi connectivity index (χ0n) is 11.4. The highest BCUT2D eigenvalue weighted by Crippen LogP contribution is 2.30. The Morgan fingerprint density at radius 1 is 1.36 bits per heavy atom. The van der Waals surface area contributed by atoms with Crippen LogP contribution in [0.15, 0.2) is 39.9 Å². The van der Waals surface area contributed by atoms with Gasteiger partial charge in [-0.3, -0.25) is 9.52 Å². The summed E-state index contributed by atoms with van der Waals surface area (Å²) in [7, 11) is -3.70. The molecule has 0 saturated heterocycles. The standard InChI is InChI=1S/C14H13NO5S2/c16-14(17)10-5-9-6-12(1-2-13(9)20-7-10)22(18,19)15-11-3-4-21-8-11/h1-4,6,8,10,15H,5,7H2,(H,16,17). The SMILES string of the molecule is O=C(O)C1COc2ccc(S(=O)(=O)Nc3ccsc3)cc2C1. The average molecular weight is 339 g/mol. The molecule has 8 heteroatoms. The molecule has 1 unspecified atom stereocenters. The largest absolute Gasteiger partial charge is 0.492 e. The van der Waals surface area contributed by atoms with Gasteiger partial charge in [-0.15, -0.1) is 0 Å². The molecule has 1 aromatic heterocycles. The normalized spacial score (nSPS) is 17.4. The first-order valence-electron chi connectivity index (χ1n) is 6.49. The Bertz CT molecular complexity index is 799. The van der Waals surface area contributed by atoms with Crippen LogP contribution < -0.4 is 9.46 Å². The number of fused-ring (bicyclic) bond motifs is 1. The van der Waals surface area contributed by atoms with E-state index in [1.807, 2.05) is 0 Å². The van der Waals surface area contributed by atoms with Gasteiger partial charge in [0.25, 0.3) is 10.0 Å². The number of nitrogens with one attached hydrogen (secondary N) is 1. The van der Waals surface area contributed by atoms with E-state index in [2.05, 4.69) is 4.72 Å². The summed E-state index contributed by atoms with van der Waals surface area (Å²) >= 11 is 1.39. The van der Waals surface area contributed by atoms with E-state index in [0.29, 0.717) is 17.0 Å². The molecule has 3 rings (SSSR count). The number of aliphatic carboxylic acids is 1. The molecular formula is C14H13NO5S2. The van der Waals surface area contributed by atoms with Gasteiger partial charge in [0.05, 0.1) is 16.5 Å². The maximum atomic E-state index is 12.3. The van der Waals surface area contributed by atoms with E-state index in [-0.39, 0.29) is 17.9 Å². The molecule has 2 N–H and O–H groups in total. The number of hydrogen-bond donors (Lipinski definition) is 2. The fourth-order valence-corrected chi connectivity index (χ4v) is 4.00. The van der Waals surface area contributed by atoms with Crippen LogP contribution in [0.25, 0.3) is 0 Å². The van der Waals surface area contributed by atoms with E-state index in [9.17, 15) is 13.2 Å². The van der Waals surface area contributed by atoms with Crippen LogP contribution in [0.4, 0.5) is 5.69 Å². The van der Waals surface area contributed by atoms with Crippen molar-refractivity contribution in [2.24, 2.45) is 5.92 Å². The molecule has 2 heterocycles. The molecule has 1 aliphatic rings. The van der Waals surface area contributed by atoms with E-state index < -0.39 is 21.9 Å². The van der Waals surface area contributed by atoms with Gasteiger partial charge in [-0.1, -0.05) is 0 Å². The lowest BCUT2D eigenvalue weighted by Gasteiger charge is -2.23. The van der Waals surface area contributed by atoms with Crippen LogP contribution in [-0.4, -0.2) is 26.1 Å². The van der Waals surface area contributed by atoms with Crippen molar-refractivity contribution in [3.63, 3.8) is 0 Å². The highest BCUT2D eigenvalue weighted by atomic mass is 32.2. The molecule has 0 bridgehead atoms. The third kappa shape index (κ3) is 2.93. The number of benzene rings is 1. The van der Waals surface area contributed by atoms with Crippen molar-refractivity contribution in [2.45, 2.75) is 11.3 Å². The maximum absolute atomic E-state index is 12.3. The number of carboxylic acid groups (broad SMARTS) is 1. The molecule has 1 aromatic carbocycles. The molecule has 0 fully saturated rings. The lowest BCUT2D eigenvalue weighted by atomic mass is 9.97. The quantitative estimate of drug-likeness (QED) is 0.891. The molecule has 6 nitrogen and oxygen atoms in total. The summed E-state index contributed by atoms with van der Waals surface area (Å²) in [4.78, 5) is 11.1. The van der Waals surface area contributed by atoms with Gasteiger partial charge in [0.2, 0.25) is 0 Å². The fourth-order valence-electron chi connectivity index (χ4n) is 2.23. The van der Waals surface area contributed by atoms with Crippen LogP contribution in [0, 0.1) is 5.92 Å². The molecule has 22 heavy (non-hydrogen) atoms. The van der Waals surface area contributed by atoms with Crippen molar-refractivity contribution in [3.8, 4) is 5.75 Å². The zero-order chi connectivity index (χ0) is 15.7. The Morgan fingerprint density at radius 2 is 2.18 bits per heavy atom. The van der Waals surface area contributed by atoms with E-state index >= 15 is 0 Å². The van der Waals surface area contributed by atoms with E-state index in [0.717, 1.165) is 0 Å². The highest BCUT2D eigenvalue weighted by molar-refractivity contribution is 7.92. The third-order valence-electron chi connectivity index (χ3n) is 3.37. The van der Waals surface area contributed by atoms with Crippen molar-refractivity contribution >= 4 is 33.0 Å². The van der Waals surface area contributed by atoms with E-state index in [1.165, 1.54) is 23.5 Å². The second-order valence-electron chi connectivity index (χ2n) is 4.94. The summed E-state index contributed by atoms with van der Waals surface area (Å²) < 4.78 is 32.5. The molecule has 116 valence electrons. The van der Waals surface area contributed by atoms with E-state index in [1.54, 1.807) is 22.9 Å². The average Bonchev–Trinajstić information content (AvgIpc) is 2.98. The van der Waals surface area contributed by atoms with Crippen LogP contribution in [0.5, 0.6) is 5.75 Å². The Kier molecular flexibility index (Phi) is 3.79. The van der Waals surface area contributed by atoms with Gasteiger partial charge in [0.1, 0.15) is 12.4 Å². The van der Waals surface area contributed by atoms with Gasteiger partial charge in [-0.05, 0) is 41.6 Å². The monoisotopic (exact) mass is 339 g/mol. The van der Waals surface area contributed by atoms with Gasteiger partial charge < -0.3 is 9.84 Å². The van der Waals surface area contributed by atoms with Crippen molar-refractivity contribution < 1.29 is 23.1 Å². The summed E-state index contributed by atoms with van der Waals surface area (Å²) in [6.45, 7) is 0.0988. The lowest BCUT2D eigenvalue weighted by molar-refractivity contribution is -0.143. The first-order valence-corrected chi connectivity index (χ1v) is 8.92. The topological polar surface area (TPSA) is 92.7 Å². The molecule has 0 spiro atoms. The van der Waals surface area contributed by atoms with Crippen LogP contribution >= 0.6 is 11.3 Å². The molecule has 2 aromatic rings. The molecule has 1 atom stereocenters. The van der Waals surface area contributed by atoms with E-state index in [4.69, 9.17) is 9.84 Å². The minimum absolute atomic E-state index is 0.0899. The number of sulfonamides is 1. The number of thiophene rings is 1. The van der Waals surface area contributed by atoms with Crippen molar-refractivity contribution in [3.05, 3.63) is 40.6 Å². The number of anilines is 1. The summed E-state index contributed by atoms with van der Waals surface area (Å²) in [5, 5.41) is 12.5. The minimum atomic E-state index is -3.70. The summed E-state index contributed by atoms with van der Waals surface area (Å²) in [5.74, 6) is -1.07. The van der Waals surface area contributed by atoms with Gasteiger partial charge in [-0.2, -0.15) is 11.3 Å². The number of carbonyl (C=O) groups is 1. The summed E-state index contributed by atoms with van der Waals surface area (Å²) in [6, 6.07) is 6.16. The van der Waals surface area contributed by atoms with Crippen LogP contribution in [0.3, 0.4) is 0 Å². The molecule has 0 aliphatic carbocycles. The van der Waals surface area contributed by atoms with Crippen LogP contribution in [0.2, 0.25) is 0 Å². The number of rotatable bonds is 4. The highest BCUT2D eigenvalue weighted by Gasteiger charge is 2.27. The van der Waals surface area contributed by atoms with Gasteiger partial charge in [0.15, 0.2) is 0 Å². The number of ether oxygens (including phenoxy) is 1. The predicted molar refractivity (Wildman–Crippen MR) is 81.9 cm³/mol. The van der Waals surface area contributed by atoms with Gasteiger partial charge in [-0.25, -0.2) is 8.42 Å². The maximum Gasteiger partial charge on any atom is 0.310 e.